The van der Waals surface area contributed by atoms with E-state index in [2.05, 4.69) is 67.8 Å². The zero-order valence-electron chi connectivity index (χ0n) is 77.6. The highest BCUT2D eigenvalue weighted by atomic mass is 32.2. The van der Waals surface area contributed by atoms with Crippen LogP contribution in [0.1, 0.15) is 166 Å². The Morgan fingerprint density at radius 1 is 0.556 bits per heavy atom. The lowest BCUT2D eigenvalue weighted by Gasteiger charge is -2.36. The van der Waals surface area contributed by atoms with Gasteiger partial charge < -0.3 is 115 Å². The molecule has 3 aromatic heterocycles. The van der Waals surface area contributed by atoms with Crippen molar-refractivity contribution in [2.45, 2.75) is 229 Å². The van der Waals surface area contributed by atoms with Crippen molar-refractivity contribution in [1.29, 1.82) is 5.41 Å². The first-order valence-electron chi connectivity index (χ1n) is 45.9. The lowest BCUT2D eigenvalue weighted by Crippen LogP contribution is -2.62. The number of likely N-dealkylation sites (N-methyl/N-ethyl adjacent to an activating group) is 3. The minimum Gasteiger partial charge on any atom is -0.508 e. The van der Waals surface area contributed by atoms with E-state index < -0.39 is 235 Å². The van der Waals surface area contributed by atoms with Gasteiger partial charge in [-0.1, -0.05) is 109 Å². The second-order valence-corrected chi connectivity index (χ2v) is 36.5. The Morgan fingerprint density at radius 2 is 1.10 bits per heavy atom. The van der Waals surface area contributed by atoms with Crippen LogP contribution in [0.2, 0.25) is 0 Å². The predicted molar refractivity (Wildman–Crippen MR) is 501 cm³/mol. The molecule has 0 saturated carbocycles. The van der Waals surface area contributed by atoms with Gasteiger partial charge in [-0.05, 0) is 111 Å². The molecule has 3 fully saturated rings. The van der Waals surface area contributed by atoms with Crippen molar-refractivity contribution in [1.82, 2.24) is 92.3 Å². The smallest absolute Gasteiger partial charge is 0.245 e. The summed E-state index contributed by atoms with van der Waals surface area (Å²) in [6.07, 6.45) is 5.77. The molecule has 6 aromatic rings. The number of guanidine groups is 1. The second-order valence-electron chi connectivity index (χ2n) is 35.5. The molecular formula is C93H130N22O19S. The van der Waals surface area contributed by atoms with Crippen LogP contribution in [-0.4, -0.2) is 299 Å². The maximum absolute atomic E-state index is 15.8. The number of aromatic nitrogens is 4. The number of H-pyrrole nitrogens is 3. The summed E-state index contributed by atoms with van der Waals surface area (Å²) in [6.45, 7) is 6.42. The van der Waals surface area contributed by atoms with Crippen molar-refractivity contribution in [3.8, 4) is 5.75 Å². The summed E-state index contributed by atoms with van der Waals surface area (Å²) < 4.78 is 0. The molecule has 6 heterocycles. The number of aromatic amines is 3. The number of benzene rings is 3. The lowest BCUT2D eigenvalue weighted by atomic mass is 9.92. The molecule has 135 heavy (non-hydrogen) atoms. The number of rotatable bonds is 26. The summed E-state index contributed by atoms with van der Waals surface area (Å²) in [7, 11) is 4.01. The molecule has 41 nitrogen and oxygen atoms in total. The largest absolute Gasteiger partial charge is 0.508 e. The van der Waals surface area contributed by atoms with Gasteiger partial charge >= 0.3 is 0 Å². The molecule has 3 aliphatic rings. The zero-order chi connectivity index (χ0) is 98.4. The average molecular weight is 1890 g/mol. The number of phenolic OH excluding ortho intramolecular Hbond substituents is 1. The van der Waals surface area contributed by atoms with Gasteiger partial charge in [0.25, 0.3) is 0 Å². The number of carbonyl (C=O) groups is 17. The van der Waals surface area contributed by atoms with E-state index in [4.69, 9.17) is 22.6 Å². The number of hydrogen-bond donors (Lipinski definition) is 18. The number of hydrogen-bond acceptors (Lipinski definition) is 22. The summed E-state index contributed by atoms with van der Waals surface area (Å²) in [5.41, 5.74) is 20.1. The molecular weight excluding hydrogens is 1760 g/mol. The van der Waals surface area contributed by atoms with Crippen LogP contribution in [0.4, 0.5) is 0 Å². The maximum Gasteiger partial charge on any atom is 0.245 e. The van der Waals surface area contributed by atoms with E-state index in [0.29, 0.717) is 69.9 Å². The molecule has 0 bridgehead atoms. The minimum absolute atomic E-state index is 0.000444. The number of nitrogens with one attached hydrogen (secondary N) is 13. The molecule has 14 atom stereocenters. The van der Waals surface area contributed by atoms with Gasteiger partial charge in [0.2, 0.25) is 88.6 Å². The molecule has 0 radical (unpaired) electrons. The number of nitrogens with two attached hydrogens (primary N) is 3. The number of carbonyl (C=O) groups excluding carboxylic acids is 17. The SMILES string of the molecule is CCCC[C@H]1C(=O)N(C)[C@@H](CCCC)C(=O)N[C@@H](CCCNC(=N)N)C(=O)N[C@H](C(=O)NCC(N)=O)CSCC(=O)C[C@@H](Cc2ccc(O)cc2)C(=O)N(C)CC(=O)C[C@@H](CC(N)=O)C(=O)N2CCC[C@H]2C(=O)N[C@@H](C(C)c2cnc[nH]2)C(=O)N[C@@H](CC(C)C)C(=O)N2CCC[C@H]2C(=O)N[C@@H](Cc2c[nH]c3ccccc23)C(=O)N[C@@H](CO)C(=O)N[C@@H](Cc2c[nH]c3ccccc23)C(=O)N1C. The Balaban J connectivity index is 1.10. The fourth-order valence-electron chi connectivity index (χ4n) is 17.5. The molecule has 3 aliphatic heterocycles. The molecule has 3 aromatic carbocycles. The predicted octanol–water partition coefficient (Wildman–Crippen LogP) is 0.454. The Morgan fingerprint density at radius 3 is 1.69 bits per heavy atom. The number of fused-ring (bicyclic) bond motifs is 4. The number of amides is 15. The van der Waals surface area contributed by atoms with Crippen LogP contribution < -0.4 is 65.1 Å². The summed E-state index contributed by atoms with van der Waals surface area (Å²) >= 11 is 0.838. The molecule has 1 unspecified atom stereocenters. The normalized spacial score (nSPS) is 24.0. The van der Waals surface area contributed by atoms with E-state index in [1.807, 2.05) is 13.8 Å². The first-order chi connectivity index (χ1) is 64.4. The van der Waals surface area contributed by atoms with Crippen LogP contribution >= 0.6 is 11.8 Å². The maximum atomic E-state index is 15.8. The number of imidazole rings is 1. The van der Waals surface area contributed by atoms with Crippen LogP contribution in [0, 0.1) is 23.2 Å². The number of Topliss-reactive ketones (excluding diaryl/α,β-unsaturated/α-hetero) is 2. The number of thioether (sulfide) groups is 1. The van der Waals surface area contributed by atoms with Gasteiger partial charge in [0.1, 0.15) is 78.0 Å². The number of para-hydroxylation sites is 2. The van der Waals surface area contributed by atoms with Crippen LogP contribution in [0.5, 0.6) is 5.75 Å². The van der Waals surface area contributed by atoms with Crippen molar-refractivity contribution < 1.29 is 91.7 Å². The first-order valence-corrected chi connectivity index (χ1v) is 47.1. The lowest BCUT2D eigenvalue weighted by molar-refractivity contribution is -0.149. The average Bonchev–Trinajstić information content (AvgIpc) is 1.73. The minimum atomic E-state index is -1.85. The van der Waals surface area contributed by atoms with Crippen LogP contribution in [-0.2, 0) is 101 Å². The third-order valence-electron chi connectivity index (χ3n) is 24.8. The van der Waals surface area contributed by atoms with Crippen molar-refractivity contribution in [3.63, 3.8) is 0 Å². The number of aliphatic hydroxyl groups is 1. The van der Waals surface area contributed by atoms with E-state index in [1.54, 1.807) is 81.7 Å². The number of unbranched alkanes of at least 4 members (excludes halogenated alkanes) is 2. The molecule has 21 N–H and O–H groups in total. The molecule has 732 valence electrons. The van der Waals surface area contributed by atoms with Gasteiger partial charge in [-0.3, -0.25) is 86.9 Å². The summed E-state index contributed by atoms with van der Waals surface area (Å²) in [4.78, 5) is 270. The molecule has 42 heteroatoms. The third-order valence-corrected chi connectivity index (χ3v) is 25.9. The zero-order valence-corrected chi connectivity index (χ0v) is 78.5. The fourth-order valence-corrected chi connectivity index (χ4v) is 18.4. The number of aromatic hydroxyl groups is 1. The van der Waals surface area contributed by atoms with Gasteiger partial charge in [0.05, 0.1) is 37.7 Å². The number of primary amides is 2. The molecule has 15 amide bonds. The Hall–Kier alpha value is -13.3. The van der Waals surface area contributed by atoms with E-state index in [9.17, 15) is 48.6 Å². The highest BCUT2D eigenvalue weighted by Crippen LogP contribution is 2.30. The molecule has 3 saturated heterocycles. The van der Waals surface area contributed by atoms with Gasteiger partial charge in [-0.25, -0.2) is 4.98 Å². The monoisotopic (exact) mass is 1890 g/mol. The highest BCUT2D eigenvalue weighted by molar-refractivity contribution is 8.00. The third kappa shape index (κ3) is 29.6. The Labute approximate surface area is 787 Å². The number of phenols is 1. The van der Waals surface area contributed by atoms with Crippen molar-refractivity contribution in [3.05, 3.63) is 120 Å². The van der Waals surface area contributed by atoms with Crippen LogP contribution in [0.25, 0.3) is 21.8 Å². The summed E-state index contributed by atoms with van der Waals surface area (Å²) in [5.74, 6) is -19.7. The van der Waals surface area contributed by atoms with Gasteiger partial charge in [-0.2, -0.15) is 11.8 Å². The van der Waals surface area contributed by atoms with Gasteiger partial charge in [0.15, 0.2) is 11.7 Å². The Bertz CT molecular complexity index is 5200. The van der Waals surface area contributed by atoms with E-state index in [1.165, 1.54) is 72.6 Å². The highest BCUT2D eigenvalue weighted by Gasteiger charge is 2.46. The van der Waals surface area contributed by atoms with Crippen molar-refractivity contribution in [2.75, 3.05) is 72.0 Å². The quantitative estimate of drug-likeness (QED) is 0.0199. The van der Waals surface area contributed by atoms with Crippen molar-refractivity contribution in [2.24, 2.45) is 35.0 Å². The standard InChI is InChI=1S/C93H130N22O19S/c1-9-11-25-73-84(126)104-66(24-17-33-99-93(96)97)81(123)109-72(80(122)102-46-78(95)121)50-135-49-61(119)39-55(37-54-29-31-59(117)32-30-54)88(130)111(6)47-60(118)38-56(42-77(94)120)89(131)114-34-18-28-75(114)86(128)110-79(53(5)70-45-98-51-103-70)87(129)107-68(36-52(3)4)91(133)115-35-19-27-74(115)85(127)105-67(40-57-43-100-64-22-15-13-20-62(57)64)82(124)108-71(48-116)83(125)106-69(41-58-44-101-65-23-16-14-21-63(58)65)90(132)113(8)76(26-12-10-2)92(134)112(73)7/h13-16,20-23,29-32,43-45,51-53,55-56,66-69,71-76,79,100-101,116-117H,9-12,17-19,24-28,33-42,46-50H2,1-8H3,(H2,94,120)(H2,95,121)(H,98,103)(H,102,122)(H,104,126)(H,105,127)(H,106,125)(H,107,129)(H,108,124)(H,109,123)(H,110,128)(H4,96,97,99)/t53?,55-,56+,66+,67+,68+,69+,71+,72+,73+,74+,75+,76+,79+/m1/s1. The first kappa shape index (κ1) is 105. The van der Waals surface area contributed by atoms with Crippen LogP contribution in [0.3, 0.4) is 0 Å². The van der Waals surface area contributed by atoms with E-state index >= 15 is 43.2 Å². The van der Waals surface area contributed by atoms with Crippen molar-refractivity contribution >= 4 is 140 Å². The topological polar surface area (TPSA) is 617 Å². The molecule has 0 spiro atoms. The van der Waals surface area contributed by atoms with E-state index in [-0.39, 0.29) is 114 Å². The number of nitrogens with zero attached hydrogens (tertiary/aromatic N) is 6. The number of aliphatic hydroxyl groups excluding tert-OH is 1. The van der Waals surface area contributed by atoms with Gasteiger partial charge in [0, 0.05) is 137 Å². The molecule has 9 rings (SSSR count). The second kappa shape index (κ2) is 50.7. The Kier molecular flexibility index (Phi) is 39.6. The molecule has 0 aliphatic carbocycles. The number of ketones is 2. The van der Waals surface area contributed by atoms with E-state index in [0.717, 1.165) is 21.6 Å². The van der Waals surface area contributed by atoms with Gasteiger partial charge in [-0.15, -0.1) is 0 Å². The summed E-state index contributed by atoms with van der Waals surface area (Å²) in [6, 6.07) is 3.73. The van der Waals surface area contributed by atoms with Crippen LogP contribution in [0.15, 0.2) is 97.7 Å². The fraction of sp³-hybridized carbons (Fsp3) is 0.538. The summed E-state index contributed by atoms with van der Waals surface area (Å²) in [5, 5.41) is 55.0.